The van der Waals surface area contributed by atoms with E-state index in [0.717, 1.165) is 216 Å². The van der Waals surface area contributed by atoms with Crippen molar-refractivity contribution in [3.63, 3.8) is 0 Å². The molecule has 0 unspecified atom stereocenters. The van der Waals surface area contributed by atoms with Gasteiger partial charge in [-0.1, -0.05) is 481 Å². The highest BCUT2D eigenvalue weighted by Crippen LogP contribution is 2.61. The Balaban J connectivity index is 0.986. The summed E-state index contributed by atoms with van der Waals surface area (Å²) in [5, 5.41) is 3.17. The van der Waals surface area contributed by atoms with Crippen molar-refractivity contribution in [3.05, 3.63) is 376 Å². The smallest absolute Gasteiger partial charge is 0.165 e. The Bertz CT molecular complexity index is 7150. The molecule has 0 radical (unpaired) electrons. The molecule has 0 saturated heterocycles. The molecule has 0 saturated carbocycles. The molecule has 16 aromatic carbocycles. The van der Waals surface area contributed by atoms with Crippen molar-refractivity contribution in [2.75, 3.05) is 13.2 Å². The van der Waals surface area contributed by atoms with E-state index in [9.17, 15) is 0 Å². The van der Waals surface area contributed by atoms with Crippen LogP contribution < -0.4 is 9.47 Å². The van der Waals surface area contributed by atoms with Gasteiger partial charge in [0.1, 0.15) is 22.6 Å². The first-order valence-electron chi connectivity index (χ1n) is 49.2. The van der Waals surface area contributed by atoms with Gasteiger partial charge in [-0.05, 0) is 125 Å². The molecule has 19 aromatic rings. The number of hydrogen-bond donors (Lipinski definition) is 2. The van der Waals surface area contributed by atoms with Crippen LogP contribution in [0.1, 0.15) is 129 Å². The molecule has 2 aliphatic rings. The molecule has 3 aromatic heterocycles. The first-order valence-corrected chi connectivity index (χ1v) is 49.2. The fourth-order valence-electron chi connectivity index (χ4n) is 20.7. The Morgan fingerprint density at radius 2 is 0.346 bits per heavy atom. The minimum Gasteiger partial charge on any atom is -0.490 e. The van der Waals surface area contributed by atoms with Crippen LogP contribution in [0.2, 0.25) is 0 Å². The van der Waals surface area contributed by atoms with Crippen LogP contribution in [0.15, 0.2) is 376 Å². The van der Waals surface area contributed by atoms with E-state index >= 15 is 0 Å². The zero-order chi connectivity index (χ0) is 91.3. The molecule has 0 aliphatic carbocycles. The summed E-state index contributed by atoms with van der Waals surface area (Å²) in [6.45, 7) is 5.58. The average molecular weight is 1770 g/mol. The van der Waals surface area contributed by atoms with Crippen molar-refractivity contribution < 1.29 is 9.47 Å². The minimum absolute atomic E-state index is 0.439. The molecule has 8 bridgehead atoms. The van der Waals surface area contributed by atoms with Crippen molar-refractivity contribution in [3.8, 4) is 191 Å². The zero-order valence-corrected chi connectivity index (χ0v) is 77.4. The summed E-state index contributed by atoms with van der Waals surface area (Å²) in [6.07, 6.45) is 21.3. The molecule has 0 atom stereocenters. The van der Waals surface area contributed by atoms with E-state index in [2.05, 4.69) is 400 Å². The van der Waals surface area contributed by atoms with Gasteiger partial charge in [0.15, 0.2) is 34.8 Å². The number of rotatable bonds is 34. The van der Waals surface area contributed by atoms with Crippen LogP contribution in [0.3, 0.4) is 0 Å². The molecule has 2 aliphatic heterocycles. The molecule has 0 fully saturated rings. The molecular formula is C126H110N8O2. The summed E-state index contributed by atoms with van der Waals surface area (Å²) in [5.41, 5.74) is 29.0. The van der Waals surface area contributed by atoms with E-state index in [0.29, 0.717) is 70.6 Å². The third-order valence-corrected chi connectivity index (χ3v) is 27.0. The summed E-state index contributed by atoms with van der Waals surface area (Å²) >= 11 is 0. The number of fused-ring (bicyclic) bond motifs is 20. The number of unbranched alkanes of at least 4 members (excludes halogenated alkanes) is 16. The summed E-state index contributed by atoms with van der Waals surface area (Å²) in [6, 6.07) is 135. The monoisotopic (exact) mass is 1770 g/mol. The SMILES string of the molecule is CCCCCCCCCCCOc1cc2c3nc4nc(nc5[nH]c(nc6nc(nc([nH]3)c2cc1OCCCCCCCCCCC)-c1c(-c2ccccc2)c(-c2ccccc2)c(-c2ccccc2)c(-c2ccccc2)c1-6)c1c(-c2ccccc2)c(-c2ccccc2)c(-c2ccccc2)c(-c2ccccc2)c51)-c1c(-c2ccccc2)c(-c2ccccc2)c(-c2ccccc2)c(-c2ccccc2)c1-4. The number of aromatic nitrogens is 8. The lowest BCUT2D eigenvalue weighted by atomic mass is 9.77. The number of hydrogen-bond acceptors (Lipinski definition) is 8. The van der Waals surface area contributed by atoms with Crippen molar-refractivity contribution in [2.45, 2.75) is 129 Å². The van der Waals surface area contributed by atoms with Gasteiger partial charge in [-0.15, -0.1) is 0 Å². The van der Waals surface area contributed by atoms with Gasteiger partial charge in [0.2, 0.25) is 0 Å². The van der Waals surface area contributed by atoms with E-state index in [-0.39, 0.29) is 0 Å². The second-order valence-corrected chi connectivity index (χ2v) is 36.0. The number of nitrogens with one attached hydrogen (secondary N) is 2. The van der Waals surface area contributed by atoms with E-state index in [1.54, 1.807) is 0 Å². The molecule has 2 N–H and O–H groups in total. The Morgan fingerprint density at radius 3 is 0.559 bits per heavy atom. The molecule has 0 spiro atoms. The predicted octanol–water partition coefficient (Wildman–Crippen LogP) is 34.7. The highest BCUT2D eigenvalue weighted by molar-refractivity contribution is 6.27. The van der Waals surface area contributed by atoms with E-state index in [1.807, 2.05) is 0 Å². The number of benzene rings is 16. The molecule has 5 heterocycles. The normalized spacial score (nSPS) is 11.6. The topological polar surface area (TPSA) is 127 Å². The first-order chi connectivity index (χ1) is 67.5. The van der Waals surface area contributed by atoms with Crippen LogP contribution >= 0.6 is 0 Å². The molecule has 136 heavy (non-hydrogen) atoms. The summed E-state index contributed by atoms with van der Waals surface area (Å²) in [7, 11) is 0. The maximum Gasteiger partial charge on any atom is 0.165 e. The van der Waals surface area contributed by atoms with E-state index in [4.69, 9.17) is 39.4 Å². The van der Waals surface area contributed by atoms with Crippen LogP contribution in [0.4, 0.5) is 0 Å². The largest absolute Gasteiger partial charge is 0.490 e. The Kier molecular flexibility index (Phi) is 26.2. The molecule has 21 rings (SSSR count). The first kappa shape index (κ1) is 87.2. The van der Waals surface area contributed by atoms with E-state index in [1.165, 1.54) is 77.0 Å². The van der Waals surface area contributed by atoms with Gasteiger partial charge in [0, 0.05) is 77.2 Å². The average Bonchev–Trinajstić information content (AvgIpc) is 1.51. The summed E-state index contributed by atoms with van der Waals surface area (Å²) in [4.78, 5) is 46.3. The standard InChI is InChI=1S/C126H110N8O2/c1-3-5-7-9-11-13-15-17-55-81-135-99-83-97-98(84-100(99)136-82-56-18-16-14-12-10-8-6-4-2)120-127-119(97)128-121-113-107(91-69-43-25-44-70-91)101(85-57-31-19-32-58-85)103(87-61-35-21-36-62-87)109(93-73-47-27-48-74-93)115(113)123(130-121)132-125-117-111(95-77-51-29-52-78-95)105(89-65-39-23-40-66-89)106(90-67-41-24-42-68-90)112(96-79-53-30-54-80-96)118(117)126(134-125)133-124-116-110(94-75-49-28-50-76-94)104(88-63-37-22-38-64-88)102(86-59-33-20-34-60-86)108(92-71-45-26-46-72-92)114(116)122(129-120)131-124/h19-54,57-80,83-84H,3-18,55-56,81-82H2,1-2H3,(H2,127,128,129,130,131,132,133,134). The second kappa shape index (κ2) is 40.9. The molecule has 10 nitrogen and oxygen atoms in total. The van der Waals surface area contributed by atoms with Crippen LogP contribution in [-0.4, -0.2) is 53.1 Å². The Morgan fingerprint density at radius 1 is 0.176 bits per heavy atom. The highest BCUT2D eigenvalue weighted by Gasteiger charge is 2.39. The lowest BCUT2D eigenvalue weighted by molar-refractivity contribution is 0.259. The number of aromatic amines is 2. The second-order valence-electron chi connectivity index (χ2n) is 36.0. The zero-order valence-electron chi connectivity index (χ0n) is 77.4. The molecular weight excluding hydrogens is 1660 g/mol. The number of ether oxygens (including phenoxy) is 2. The lowest BCUT2D eigenvalue weighted by Gasteiger charge is -2.25. The van der Waals surface area contributed by atoms with Gasteiger partial charge >= 0.3 is 0 Å². The van der Waals surface area contributed by atoms with E-state index < -0.39 is 0 Å². The minimum atomic E-state index is 0.439. The van der Waals surface area contributed by atoms with Gasteiger partial charge in [0.05, 0.1) is 13.2 Å². The van der Waals surface area contributed by atoms with Gasteiger partial charge in [-0.25, -0.2) is 29.9 Å². The van der Waals surface area contributed by atoms with Crippen molar-refractivity contribution in [2.24, 2.45) is 0 Å². The van der Waals surface area contributed by atoms with Crippen molar-refractivity contribution in [1.29, 1.82) is 0 Å². The fourth-order valence-corrected chi connectivity index (χ4v) is 20.7. The third-order valence-electron chi connectivity index (χ3n) is 27.0. The van der Waals surface area contributed by atoms with Crippen LogP contribution in [0.5, 0.6) is 11.5 Å². The quantitative estimate of drug-likeness (QED) is 0.0382. The molecule has 0 amide bonds. The van der Waals surface area contributed by atoms with Gasteiger partial charge in [0.25, 0.3) is 0 Å². The molecule has 10 heteroatoms. The Labute approximate surface area is 797 Å². The van der Waals surface area contributed by atoms with Gasteiger partial charge in [-0.2, -0.15) is 0 Å². The Hall–Kier alpha value is -15.5. The van der Waals surface area contributed by atoms with Crippen LogP contribution in [-0.2, 0) is 0 Å². The van der Waals surface area contributed by atoms with Crippen LogP contribution in [0, 0.1) is 0 Å². The summed E-state index contributed by atoms with van der Waals surface area (Å²) < 4.78 is 14.6. The molecule has 666 valence electrons. The predicted molar refractivity (Wildman–Crippen MR) is 567 cm³/mol. The van der Waals surface area contributed by atoms with Crippen molar-refractivity contribution >= 4 is 44.1 Å². The number of nitrogens with zero attached hydrogens (tertiary/aromatic N) is 6. The van der Waals surface area contributed by atoms with Crippen LogP contribution in [0.25, 0.3) is 223 Å². The number of H-pyrrole nitrogens is 2. The third kappa shape index (κ3) is 17.6. The maximum atomic E-state index is 7.28. The van der Waals surface area contributed by atoms with Crippen molar-refractivity contribution in [1.82, 2.24) is 39.9 Å². The fraction of sp³-hybridized carbons (Fsp3) is 0.175. The lowest BCUT2D eigenvalue weighted by Crippen LogP contribution is -2.03. The van der Waals surface area contributed by atoms with Gasteiger partial charge < -0.3 is 19.4 Å². The summed E-state index contributed by atoms with van der Waals surface area (Å²) in [5.74, 6) is 3.04. The maximum absolute atomic E-state index is 7.28. The van der Waals surface area contributed by atoms with Gasteiger partial charge in [-0.3, -0.25) is 0 Å². The highest BCUT2D eigenvalue weighted by atomic mass is 16.5.